The van der Waals surface area contributed by atoms with Gasteiger partial charge in [0.15, 0.2) is 0 Å². The maximum atomic E-state index is 3.53. The van der Waals surface area contributed by atoms with Crippen molar-refractivity contribution in [1.82, 2.24) is 0 Å². The Kier molecular flexibility index (Phi) is 10.0. The van der Waals surface area contributed by atoms with Gasteiger partial charge < -0.3 is 0 Å². The molecule has 1 heterocycles. The number of rotatable bonds is 1. The molecule has 2 aromatic carbocycles. The molecule has 3 aromatic rings. The SMILES string of the molecule is CC(C)(C)c1c[c-]c2c(c1)-c1cc(C(C)(C)C)ccc1C2.CC1[C-]=C(c2ccsc2)C=C1.[Zr+2]=[C]1CCCCC1. The van der Waals surface area contributed by atoms with Gasteiger partial charge in [-0.15, -0.1) is 17.2 Å². The van der Waals surface area contributed by atoms with Gasteiger partial charge in [-0.05, 0) is 22.8 Å². The molecule has 39 heavy (non-hydrogen) atoms. The van der Waals surface area contributed by atoms with Crippen molar-refractivity contribution in [2.75, 3.05) is 0 Å². The van der Waals surface area contributed by atoms with E-state index in [1.807, 2.05) is 0 Å². The minimum absolute atomic E-state index is 0.177. The van der Waals surface area contributed by atoms with E-state index >= 15 is 0 Å². The van der Waals surface area contributed by atoms with Crippen molar-refractivity contribution < 1.29 is 24.2 Å². The zero-order chi connectivity index (χ0) is 28.2. The Hall–Kier alpha value is -1.63. The van der Waals surface area contributed by atoms with Crippen LogP contribution in [0.25, 0.3) is 16.7 Å². The van der Waals surface area contributed by atoms with Crippen LogP contribution in [0.3, 0.4) is 0 Å². The van der Waals surface area contributed by atoms with Crippen LogP contribution < -0.4 is 0 Å². The van der Waals surface area contributed by atoms with Crippen molar-refractivity contribution in [1.29, 1.82) is 0 Å². The molecular weight excluding hydrogens is 568 g/mol. The third-order valence-corrected chi connectivity index (χ3v) is 9.66. The average Bonchev–Trinajstić information content (AvgIpc) is 3.63. The molecule has 1 fully saturated rings. The molecule has 1 unspecified atom stereocenters. The summed E-state index contributed by atoms with van der Waals surface area (Å²) in [6.07, 6.45) is 16.0. The normalized spacial score (nSPS) is 17.9. The fourth-order valence-corrected chi connectivity index (χ4v) is 6.67. The molecule has 0 amide bonds. The van der Waals surface area contributed by atoms with E-state index in [0.717, 1.165) is 6.42 Å². The third-order valence-electron chi connectivity index (χ3n) is 7.75. The first kappa shape index (κ1) is 30.3. The number of thiophene rings is 1. The van der Waals surface area contributed by atoms with Crippen LogP contribution >= 0.6 is 11.3 Å². The van der Waals surface area contributed by atoms with Gasteiger partial charge in [0.25, 0.3) is 0 Å². The second-order valence-electron chi connectivity index (χ2n) is 13.2. The number of allylic oxidation sites excluding steroid dienone is 4. The van der Waals surface area contributed by atoms with Gasteiger partial charge >= 0.3 is 59.5 Å². The van der Waals surface area contributed by atoms with E-state index in [2.05, 4.69) is 120 Å². The van der Waals surface area contributed by atoms with Crippen LogP contribution in [0.15, 0.2) is 59.3 Å². The van der Waals surface area contributed by atoms with Crippen LogP contribution in [-0.2, 0) is 41.5 Å². The Morgan fingerprint density at radius 2 is 1.56 bits per heavy atom. The molecule has 0 N–H and O–H groups in total. The molecule has 0 aliphatic heterocycles. The van der Waals surface area contributed by atoms with Crippen molar-refractivity contribution in [3.05, 3.63) is 99.3 Å². The van der Waals surface area contributed by atoms with Crippen LogP contribution in [0.5, 0.6) is 0 Å². The van der Waals surface area contributed by atoms with Crippen LogP contribution in [0.1, 0.15) is 108 Å². The topological polar surface area (TPSA) is 0 Å². The summed E-state index contributed by atoms with van der Waals surface area (Å²) < 4.78 is 1.80. The minimum atomic E-state index is 0.177. The third kappa shape index (κ3) is 8.20. The Balaban J connectivity index is 0.000000162. The summed E-state index contributed by atoms with van der Waals surface area (Å²) in [6, 6.07) is 17.2. The molecular formula is C37H44SZr. The number of fused-ring (bicyclic) bond motifs is 3. The maximum absolute atomic E-state index is 3.53. The summed E-state index contributed by atoms with van der Waals surface area (Å²) >= 11 is 3.42. The van der Waals surface area contributed by atoms with Crippen LogP contribution in [0, 0.1) is 18.1 Å². The van der Waals surface area contributed by atoms with Crippen LogP contribution in [-0.4, -0.2) is 3.21 Å². The van der Waals surface area contributed by atoms with E-state index in [1.54, 1.807) is 38.8 Å². The van der Waals surface area contributed by atoms with E-state index in [9.17, 15) is 0 Å². The summed E-state index contributed by atoms with van der Waals surface area (Å²) in [5.41, 5.74) is 11.3. The van der Waals surface area contributed by atoms with Gasteiger partial charge in [0.2, 0.25) is 0 Å². The molecule has 0 saturated heterocycles. The second kappa shape index (κ2) is 12.9. The summed E-state index contributed by atoms with van der Waals surface area (Å²) in [6.45, 7) is 15.8. The van der Waals surface area contributed by atoms with Crippen molar-refractivity contribution in [2.24, 2.45) is 5.92 Å². The van der Waals surface area contributed by atoms with Gasteiger partial charge in [-0.25, -0.2) is 0 Å². The molecule has 1 aromatic heterocycles. The Morgan fingerprint density at radius 1 is 0.872 bits per heavy atom. The van der Waals surface area contributed by atoms with E-state index in [1.165, 1.54) is 76.6 Å². The zero-order valence-electron chi connectivity index (χ0n) is 25.0. The van der Waals surface area contributed by atoms with E-state index in [0.29, 0.717) is 5.92 Å². The Labute approximate surface area is 257 Å². The number of benzene rings is 2. The molecule has 0 nitrogen and oxygen atoms in total. The van der Waals surface area contributed by atoms with Crippen molar-refractivity contribution in [2.45, 2.75) is 97.8 Å². The van der Waals surface area contributed by atoms with Crippen molar-refractivity contribution in [3.8, 4) is 11.1 Å². The predicted molar refractivity (Wildman–Crippen MR) is 168 cm³/mol. The van der Waals surface area contributed by atoms with Gasteiger partial charge in [0.1, 0.15) is 0 Å². The fraction of sp³-hybridized carbons (Fsp3) is 0.432. The standard InChI is InChI=1S/C21H25.C10H9S.C6H10.Zr/c1-20(2,3)16-9-7-14-11-15-8-10-17(21(4,5)6)13-19(15)18(14)12-16;1-8-2-3-9(6-8)10-4-5-11-7-10;1-2-4-6-5-3-1;/h7,9-10,12-13H,11H2,1-6H3;2-5,7-8H,1H3;1-5H2;/q2*-1;;+2. The van der Waals surface area contributed by atoms with Crippen molar-refractivity contribution >= 4 is 20.1 Å². The molecule has 202 valence electrons. The first-order valence-corrected chi connectivity index (χ1v) is 16.7. The molecule has 2 heteroatoms. The van der Waals surface area contributed by atoms with Gasteiger partial charge in [-0.1, -0.05) is 101 Å². The molecule has 1 atom stereocenters. The molecule has 3 aliphatic carbocycles. The molecule has 0 radical (unpaired) electrons. The summed E-state index contributed by atoms with van der Waals surface area (Å²) in [4.78, 5) is 0. The fourth-order valence-electron chi connectivity index (χ4n) is 5.14. The Bertz CT molecular complexity index is 1270. The monoisotopic (exact) mass is 610 g/mol. The van der Waals surface area contributed by atoms with Gasteiger partial charge in [-0.3, -0.25) is 0 Å². The second-order valence-corrected chi connectivity index (χ2v) is 15.7. The van der Waals surface area contributed by atoms with Crippen LogP contribution in [0.2, 0.25) is 0 Å². The molecule has 1 saturated carbocycles. The first-order valence-electron chi connectivity index (χ1n) is 14.5. The Morgan fingerprint density at radius 3 is 2.10 bits per heavy atom. The molecule has 6 rings (SSSR count). The van der Waals surface area contributed by atoms with Gasteiger partial charge in [0, 0.05) is 0 Å². The summed E-state index contributed by atoms with van der Waals surface area (Å²) in [5, 5.41) is 4.26. The first-order chi connectivity index (χ1) is 18.4. The molecule has 3 aliphatic rings. The van der Waals surface area contributed by atoms with E-state index in [4.69, 9.17) is 0 Å². The van der Waals surface area contributed by atoms with Gasteiger partial charge in [-0.2, -0.15) is 58.4 Å². The van der Waals surface area contributed by atoms with E-state index in [-0.39, 0.29) is 10.8 Å². The van der Waals surface area contributed by atoms with Crippen LogP contribution in [0.4, 0.5) is 0 Å². The van der Waals surface area contributed by atoms with Crippen molar-refractivity contribution in [3.63, 3.8) is 0 Å². The number of hydrogen-bond donors (Lipinski definition) is 0. The van der Waals surface area contributed by atoms with Gasteiger partial charge in [0.05, 0.1) is 0 Å². The zero-order valence-corrected chi connectivity index (χ0v) is 28.3. The predicted octanol–water partition coefficient (Wildman–Crippen LogP) is 10.5. The average molecular weight is 612 g/mol. The van der Waals surface area contributed by atoms with E-state index < -0.39 is 0 Å². The number of hydrogen-bond acceptors (Lipinski definition) is 1. The quantitative estimate of drug-likeness (QED) is 0.188. The summed E-state index contributed by atoms with van der Waals surface area (Å²) in [7, 11) is 0. The molecule has 0 bridgehead atoms. The molecule has 0 spiro atoms. The summed E-state index contributed by atoms with van der Waals surface area (Å²) in [5.74, 6) is 0.491.